The minimum atomic E-state index is 0.235. The first kappa shape index (κ1) is 18.6. The van der Waals surface area contributed by atoms with E-state index >= 15 is 0 Å². The quantitative estimate of drug-likeness (QED) is 0.482. The summed E-state index contributed by atoms with van der Waals surface area (Å²) in [5.41, 5.74) is 7.33. The van der Waals surface area contributed by atoms with E-state index < -0.39 is 0 Å². The predicted octanol–water partition coefficient (Wildman–Crippen LogP) is 6.42. The average Bonchev–Trinajstić information content (AvgIpc) is 3.21. The van der Waals surface area contributed by atoms with Gasteiger partial charge in [0.05, 0.1) is 0 Å². The molecule has 4 rings (SSSR count). The van der Waals surface area contributed by atoms with Crippen molar-refractivity contribution in [3.05, 3.63) is 65.4 Å². The molecule has 0 unspecified atom stereocenters. The molecule has 2 heteroatoms. The van der Waals surface area contributed by atoms with Crippen molar-refractivity contribution >= 4 is 16.6 Å². The summed E-state index contributed by atoms with van der Waals surface area (Å²) >= 11 is 0. The first-order valence-corrected chi connectivity index (χ1v) is 9.59. The maximum Gasteiger partial charge on any atom is 0.0456 e. The third-order valence-corrected chi connectivity index (χ3v) is 5.11. The largest absolute Gasteiger partial charge is 0.384 e. The van der Waals surface area contributed by atoms with Crippen molar-refractivity contribution in [1.82, 2.24) is 4.98 Å². The highest BCUT2D eigenvalue weighted by molar-refractivity contribution is 5.80. The van der Waals surface area contributed by atoms with Crippen molar-refractivity contribution in [2.45, 2.75) is 58.8 Å². The molecule has 0 fully saturated rings. The Morgan fingerprint density at radius 3 is 2.12 bits per heavy atom. The second-order valence-corrected chi connectivity index (χ2v) is 9.33. The van der Waals surface area contributed by atoms with Gasteiger partial charge in [0.1, 0.15) is 0 Å². The molecule has 0 atom stereocenters. The maximum absolute atomic E-state index is 3.41. The summed E-state index contributed by atoms with van der Waals surface area (Å²) in [5, 5.41) is 4.70. The molecule has 1 aliphatic heterocycles. The van der Waals surface area contributed by atoms with Crippen molar-refractivity contribution in [3.8, 4) is 0 Å². The predicted molar refractivity (Wildman–Crippen MR) is 114 cm³/mol. The third kappa shape index (κ3) is 4.12. The number of aromatic amines is 1. The Morgan fingerprint density at radius 2 is 1.42 bits per heavy atom. The fourth-order valence-electron chi connectivity index (χ4n) is 3.27. The standard InChI is InChI=1S/C12H17N.C12H15N/c2*1-12(2,3)10-5-4-9-6-7-13-11(9)8-10/h4-5,8,13H,6-7H2,1-3H3;4-8,13H,1-3H3. The Kier molecular flexibility index (Phi) is 4.88. The Hall–Kier alpha value is -2.22. The number of nitrogens with one attached hydrogen (secondary N) is 2. The van der Waals surface area contributed by atoms with Gasteiger partial charge >= 0.3 is 0 Å². The summed E-state index contributed by atoms with van der Waals surface area (Å²) in [6.45, 7) is 14.6. The summed E-state index contributed by atoms with van der Waals surface area (Å²) in [4.78, 5) is 3.23. The van der Waals surface area contributed by atoms with Gasteiger partial charge in [0, 0.05) is 23.9 Å². The lowest BCUT2D eigenvalue weighted by molar-refractivity contribution is 0.590. The first-order valence-electron chi connectivity index (χ1n) is 9.59. The van der Waals surface area contributed by atoms with Gasteiger partial charge in [-0.2, -0.15) is 0 Å². The van der Waals surface area contributed by atoms with Crippen LogP contribution in [0.1, 0.15) is 58.2 Å². The van der Waals surface area contributed by atoms with E-state index in [1.807, 2.05) is 6.20 Å². The van der Waals surface area contributed by atoms with Crippen LogP contribution >= 0.6 is 0 Å². The zero-order valence-corrected chi connectivity index (χ0v) is 17.0. The lowest BCUT2D eigenvalue weighted by Crippen LogP contribution is -2.11. The van der Waals surface area contributed by atoms with Gasteiger partial charge in [-0.05, 0) is 57.5 Å². The molecule has 26 heavy (non-hydrogen) atoms. The molecule has 2 heterocycles. The molecule has 0 amide bonds. The van der Waals surface area contributed by atoms with Crippen molar-refractivity contribution in [2.24, 2.45) is 0 Å². The second kappa shape index (κ2) is 6.83. The van der Waals surface area contributed by atoms with Crippen LogP contribution in [0.25, 0.3) is 10.9 Å². The minimum Gasteiger partial charge on any atom is -0.384 e. The molecule has 0 bridgehead atoms. The van der Waals surface area contributed by atoms with E-state index in [-0.39, 0.29) is 10.8 Å². The van der Waals surface area contributed by atoms with Crippen LogP contribution in [0.3, 0.4) is 0 Å². The molecular formula is C24H32N2. The van der Waals surface area contributed by atoms with Crippen molar-refractivity contribution in [2.75, 3.05) is 11.9 Å². The average molecular weight is 349 g/mol. The molecule has 0 saturated carbocycles. The van der Waals surface area contributed by atoms with Crippen LogP contribution in [0.4, 0.5) is 5.69 Å². The second-order valence-electron chi connectivity index (χ2n) is 9.33. The fraction of sp³-hybridized carbons (Fsp3) is 0.417. The lowest BCUT2D eigenvalue weighted by atomic mass is 9.86. The first-order chi connectivity index (χ1) is 12.1. The van der Waals surface area contributed by atoms with Crippen LogP contribution < -0.4 is 5.32 Å². The van der Waals surface area contributed by atoms with Crippen LogP contribution in [-0.4, -0.2) is 11.5 Å². The van der Waals surface area contributed by atoms with Gasteiger partial charge in [-0.15, -0.1) is 0 Å². The van der Waals surface area contributed by atoms with E-state index in [0.717, 1.165) is 6.54 Å². The normalized spacial score (nSPS) is 13.8. The molecule has 0 radical (unpaired) electrons. The molecule has 2 nitrogen and oxygen atoms in total. The van der Waals surface area contributed by atoms with E-state index in [9.17, 15) is 0 Å². The number of hydrogen-bond acceptors (Lipinski definition) is 1. The number of benzene rings is 2. The maximum atomic E-state index is 3.41. The Bertz CT molecular complexity index is 888. The number of anilines is 1. The molecule has 0 saturated heterocycles. The summed E-state index contributed by atoms with van der Waals surface area (Å²) in [6.07, 6.45) is 3.16. The van der Waals surface area contributed by atoms with Crippen LogP contribution in [0, 0.1) is 0 Å². The highest BCUT2D eigenvalue weighted by Crippen LogP contribution is 2.29. The van der Waals surface area contributed by atoms with Gasteiger partial charge in [0.2, 0.25) is 0 Å². The highest BCUT2D eigenvalue weighted by Gasteiger charge is 2.17. The minimum absolute atomic E-state index is 0.235. The van der Waals surface area contributed by atoms with Gasteiger partial charge in [0.15, 0.2) is 0 Å². The molecule has 3 aromatic rings. The molecule has 0 spiro atoms. The molecule has 0 aliphatic carbocycles. The highest BCUT2D eigenvalue weighted by atomic mass is 14.9. The van der Waals surface area contributed by atoms with Crippen molar-refractivity contribution in [3.63, 3.8) is 0 Å². The van der Waals surface area contributed by atoms with E-state index in [1.54, 1.807) is 0 Å². The molecule has 2 aromatic carbocycles. The van der Waals surface area contributed by atoms with Gasteiger partial charge in [-0.25, -0.2) is 0 Å². The Labute approximate surface area is 158 Å². The van der Waals surface area contributed by atoms with E-state index in [4.69, 9.17) is 0 Å². The van der Waals surface area contributed by atoms with Crippen molar-refractivity contribution < 1.29 is 0 Å². The molecule has 1 aliphatic rings. The Balaban J connectivity index is 0.000000151. The monoisotopic (exact) mass is 348 g/mol. The van der Waals surface area contributed by atoms with Crippen molar-refractivity contribution in [1.29, 1.82) is 0 Å². The number of aromatic nitrogens is 1. The summed E-state index contributed by atoms with van der Waals surface area (Å²) in [6, 6.07) is 15.5. The van der Waals surface area contributed by atoms with E-state index in [0.29, 0.717) is 0 Å². The van der Waals surface area contributed by atoms with Gasteiger partial charge in [-0.3, -0.25) is 0 Å². The molecule has 138 valence electrons. The van der Waals surface area contributed by atoms with Crippen LogP contribution in [0.2, 0.25) is 0 Å². The smallest absolute Gasteiger partial charge is 0.0456 e. The van der Waals surface area contributed by atoms with Gasteiger partial charge < -0.3 is 10.3 Å². The number of rotatable bonds is 0. The van der Waals surface area contributed by atoms with E-state index in [1.165, 1.54) is 39.7 Å². The molecule has 2 N–H and O–H groups in total. The summed E-state index contributed by atoms with van der Waals surface area (Å²) < 4.78 is 0. The third-order valence-electron chi connectivity index (χ3n) is 5.11. The van der Waals surface area contributed by atoms with E-state index in [2.05, 4.69) is 94.3 Å². The number of hydrogen-bond donors (Lipinski definition) is 2. The summed E-state index contributed by atoms with van der Waals surface area (Å²) in [7, 11) is 0. The van der Waals surface area contributed by atoms with Crippen LogP contribution in [-0.2, 0) is 17.3 Å². The zero-order valence-electron chi connectivity index (χ0n) is 17.0. The molecular weight excluding hydrogens is 316 g/mol. The molecule has 1 aromatic heterocycles. The topological polar surface area (TPSA) is 27.8 Å². The fourth-order valence-corrected chi connectivity index (χ4v) is 3.27. The van der Waals surface area contributed by atoms with Gasteiger partial charge in [-0.1, -0.05) is 65.8 Å². The zero-order chi connectivity index (χ0) is 18.9. The summed E-state index contributed by atoms with van der Waals surface area (Å²) in [5.74, 6) is 0. The SMILES string of the molecule is CC(C)(C)c1ccc2c(c1)NCC2.CC(C)(C)c1ccc2cc[nH]c2c1. The van der Waals surface area contributed by atoms with Crippen LogP contribution in [0.5, 0.6) is 0 Å². The lowest BCUT2D eigenvalue weighted by Gasteiger charge is -2.19. The van der Waals surface area contributed by atoms with Crippen LogP contribution in [0.15, 0.2) is 48.7 Å². The van der Waals surface area contributed by atoms with Gasteiger partial charge in [0.25, 0.3) is 0 Å². The Morgan fingerprint density at radius 1 is 0.769 bits per heavy atom. The number of fused-ring (bicyclic) bond motifs is 2. The number of H-pyrrole nitrogens is 1.